The normalized spacial score (nSPS) is 11.6. The molecular formula is C12H11Cl3O2. The number of rotatable bonds is 4. The summed E-state index contributed by atoms with van der Waals surface area (Å²) in [6, 6.07) is 3.19. The third-order valence-corrected chi connectivity index (χ3v) is 3.30. The first-order chi connectivity index (χ1) is 7.97. The quantitative estimate of drug-likeness (QED) is 0.632. The zero-order valence-corrected chi connectivity index (χ0v) is 11.4. The molecule has 17 heavy (non-hydrogen) atoms. The number of carboxylic acid groups (broad SMARTS) is 1. The number of hydrogen-bond donors (Lipinski definition) is 1. The number of allylic oxidation sites excluding steroid dienone is 1. The van der Waals surface area contributed by atoms with E-state index < -0.39 is 5.97 Å². The van der Waals surface area contributed by atoms with Crippen LogP contribution in [0.15, 0.2) is 18.2 Å². The molecule has 0 saturated heterocycles. The maximum atomic E-state index is 10.8. The molecular weight excluding hydrogens is 282 g/mol. The second-order valence-electron chi connectivity index (χ2n) is 3.48. The molecule has 0 aliphatic rings. The van der Waals surface area contributed by atoms with Crippen molar-refractivity contribution < 1.29 is 9.90 Å². The number of benzene rings is 1. The highest BCUT2D eigenvalue weighted by Crippen LogP contribution is 2.37. The van der Waals surface area contributed by atoms with Crippen molar-refractivity contribution in [3.63, 3.8) is 0 Å². The Labute approximate surface area is 115 Å². The molecule has 0 radical (unpaired) electrons. The van der Waals surface area contributed by atoms with Crippen LogP contribution in [0.5, 0.6) is 0 Å². The van der Waals surface area contributed by atoms with Gasteiger partial charge in [0.05, 0.1) is 10.0 Å². The molecule has 0 unspecified atom stereocenters. The predicted molar refractivity (Wildman–Crippen MR) is 72.0 cm³/mol. The van der Waals surface area contributed by atoms with Crippen LogP contribution in [0.25, 0.3) is 5.57 Å². The molecule has 92 valence electrons. The van der Waals surface area contributed by atoms with E-state index in [9.17, 15) is 4.79 Å². The molecule has 0 saturated carbocycles. The lowest BCUT2D eigenvalue weighted by Crippen LogP contribution is -1.95. The van der Waals surface area contributed by atoms with Gasteiger partial charge in [0.2, 0.25) is 0 Å². The van der Waals surface area contributed by atoms with Gasteiger partial charge in [-0.1, -0.05) is 48.1 Å². The molecule has 1 rings (SSSR count). The Morgan fingerprint density at radius 3 is 2.41 bits per heavy atom. The minimum Gasteiger partial charge on any atom is -0.478 e. The Morgan fingerprint density at radius 1 is 1.29 bits per heavy atom. The van der Waals surface area contributed by atoms with Gasteiger partial charge in [-0.15, -0.1) is 0 Å². The summed E-state index contributed by atoms with van der Waals surface area (Å²) < 4.78 is 0. The average molecular weight is 294 g/mol. The van der Waals surface area contributed by atoms with Crippen LogP contribution in [-0.2, 0) is 4.79 Å². The van der Waals surface area contributed by atoms with Crippen LogP contribution in [-0.4, -0.2) is 11.1 Å². The number of carbonyl (C=O) groups is 1. The van der Waals surface area contributed by atoms with Crippen molar-refractivity contribution in [2.45, 2.75) is 19.8 Å². The maximum absolute atomic E-state index is 10.8. The molecule has 0 amide bonds. The summed E-state index contributed by atoms with van der Waals surface area (Å²) in [5.74, 6) is -1.03. The lowest BCUT2D eigenvalue weighted by molar-refractivity contribution is -0.131. The average Bonchev–Trinajstić information content (AvgIpc) is 2.23. The topological polar surface area (TPSA) is 37.3 Å². The molecule has 2 nitrogen and oxygen atoms in total. The van der Waals surface area contributed by atoms with Gasteiger partial charge in [-0.2, -0.15) is 0 Å². The summed E-state index contributed by atoms with van der Waals surface area (Å²) in [6.45, 7) is 1.95. The lowest BCUT2D eigenvalue weighted by atomic mass is 10.0. The summed E-state index contributed by atoms with van der Waals surface area (Å²) in [5.41, 5.74) is 1.09. The number of hydrogen-bond acceptors (Lipinski definition) is 1. The second kappa shape index (κ2) is 6.29. The van der Waals surface area contributed by atoms with E-state index in [1.807, 2.05) is 6.92 Å². The van der Waals surface area contributed by atoms with Gasteiger partial charge >= 0.3 is 5.97 Å². The zero-order chi connectivity index (χ0) is 13.0. The molecule has 0 aromatic heterocycles. The molecule has 0 spiro atoms. The van der Waals surface area contributed by atoms with E-state index in [1.54, 1.807) is 12.1 Å². The van der Waals surface area contributed by atoms with Crippen molar-refractivity contribution in [3.05, 3.63) is 38.8 Å². The summed E-state index contributed by atoms with van der Waals surface area (Å²) >= 11 is 18.0. The summed E-state index contributed by atoms with van der Waals surface area (Å²) in [5, 5.41) is 9.88. The van der Waals surface area contributed by atoms with E-state index in [0.29, 0.717) is 32.6 Å². The highest BCUT2D eigenvalue weighted by molar-refractivity contribution is 6.45. The standard InChI is InChI=1S/C12H11Cl3O2/c1-2-3-7(6-10(16)17)11-8(13)4-5-9(14)12(11)15/h4-6H,2-3H2,1H3,(H,16,17)/b7-6+. The van der Waals surface area contributed by atoms with Crippen LogP contribution in [0.4, 0.5) is 0 Å². The fourth-order valence-electron chi connectivity index (χ4n) is 1.51. The third kappa shape index (κ3) is 3.63. The van der Waals surface area contributed by atoms with E-state index in [4.69, 9.17) is 39.9 Å². The molecule has 0 heterocycles. The Morgan fingerprint density at radius 2 is 1.88 bits per heavy atom. The van der Waals surface area contributed by atoms with Crippen LogP contribution in [0.2, 0.25) is 15.1 Å². The number of aliphatic carboxylic acids is 1. The molecule has 0 aliphatic carbocycles. The van der Waals surface area contributed by atoms with E-state index in [0.717, 1.165) is 12.5 Å². The van der Waals surface area contributed by atoms with Gasteiger partial charge in [0, 0.05) is 16.7 Å². The first-order valence-corrected chi connectivity index (χ1v) is 6.18. The van der Waals surface area contributed by atoms with E-state index >= 15 is 0 Å². The molecule has 0 aliphatic heterocycles. The fourth-order valence-corrected chi connectivity index (χ4v) is 2.28. The van der Waals surface area contributed by atoms with Crippen molar-refractivity contribution in [2.24, 2.45) is 0 Å². The number of halogens is 3. The van der Waals surface area contributed by atoms with Crippen LogP contribution in [0.3, 0.4) is 0 Å². The summed E-state index contributed by atoms with van der Waals surface area (Å²) in [6.07, 6.45) is 2.48. The van der Waals surface area contributed by atoms with Crippen LogP contribution in [0.1, 0.15) is 25.3 Å². The summed E-state index contributed by atoms with van der Waals surface area (Å²) in [4.78, 5) is 10.8. The second-order valence-corrected chi connectivity index (χ2v) is 4.67. The van der Waals surface area contributed by atoms with Gasteiger partial charge in [-0.3, -0.25) is 0 Å². The smallest absolute Gasteiger partial charge is 0.328 e. The minimum atomic E-state index is -1.03. The van der Waals surface area contributed by atoms with Gasteiger partial charge in [-0.25, -0.2) is 4.79 Å². The van der Waals surface area contributed by atoms with Gasteiger partial charge in [0.25, 0.3) is 0 Å². The van der Waals surface area contributed by atoms with Crippen molar-refractivity contribution in [3.8, 4) is 0 Å². The van der Waals surface area contributed by atoms with E-state index in [2.05, 4.69) is 0 Å². The Bertz CT molecular complexity index is 467. The monoisotopic (exact) mass is 292 g/mol. The first-order valence-electron chi connectivity index (χ1n) is 5.04. The highest BCUT2D eigenvalue weighted by Gasteiger charge is 2.14. The van der Waals surface area contributed by atoms with Crippen LogP contribution in [0, 0.1) is 0 Å². The van der Waals surface area contributed by atoms with Crippen molar-refractivity contribution in [1.82, 2.24) is 0 Å². The largest absolute Gasteiger partial charge is 0.478 e. The van der Waals surface area contributed by atoms with Crippen LogP contribution >= 0.6 is 34.8 Å². The van der Waals surface area contributed by atoms with E-state index in [1.165, 1.54) is 0 Å². The molecule has 1 aromatic carbocycles. The fraction of sp³-hybridized carbons (Fsp3) is 0.250. The molecule has 5 heteroatoms. The maximum Gasteiger partial charge on any atom is 0.328 e. The van der Waals surface area contributed by atoms with Gasteiger partial charge < -0.3 is 5.11 Å². The minimum absolute atomic E-state index is 0.292. The molecule has 1 aromatic rings. The Hall–Kier alpha value is -0.700. The number of carboxylic acids is 1. The van der Waals surface area contributed by atoms with E-state index in [-0.39, 0.29) is 0 Å². The predicted octanol–water partition coefficient (Wildman–Crippen LogP) is 4.91. The SMILES string of the molecule is CCC/C(=C\C(=O)O)c1c(Cl)ccc(Cl)c1Cl. The van der Waals surface area contributed by atoms with Gasteiger partial charge in [0.1, 0.15) is 0 Å². The first kappa shape index (κ1) is 14.4. The van der Waals surface area contributed by atoms with Gasteiger partial charge in [-0.05, 0) is 24.1 Å². The molecule has 0 bridgehead atoms. The molecule has 1 N–H and O–H groups in total. The Balaban J connectivity index is 3.37. The van der Waals surface area contributed by atoms with Crippen LogP contribution < -0.4 is 0 Å². The zero-order valence-electron chi connectivity index (χ0n) is 9.14. The Kier molecular flexibility index (Phi) is 5.31. The molecule has 0 fully saturated rings. The molecule has 0 atom stereocenters. The van der Waals surface area contributed by atoms with Gasteiger partial charge in [0.15, 0.2) is 0 Å². The lowest BCUT2D eigenvalue weighted by Gasteiger charge is -2.11. The van der Waals surface area contributed by atoms with Crippen molar-refractivity contribution in [1.29, 1.82) is 0 Å². The summed E-state index contributed by atoms with van der Waals surface area (Å²) in [7, 11) is 0. The van der Waals surface area contributed by atoms with Crippen molar-refractivity contribution >= 4 is 46.3 Å². The highest BCUT2D eigenvalue weighted by atomic mass is 35.5. The third-order valence-electron chi connectivity index (χ3n) is 2.18. The van der Waals surface area contributed by atoms with Crippen molar-refractivity contribution in [2.75, 3.05) is 0 Å².